The summed E-state index contributed by atoms with van der Waals surface area (Å²) < 4.78 is 3.25. The van der Waals surface area contributed by atoms with E-state index >= 15 is 0 Å². The molecule has 2 aromatic carbocycles. The maximum atomic E-state index is 4.55. The van der Waals surface area contributed by atoms with Crippen molar-refractivity contribution in [2.24, 2.45) is 0 Å². The van der Waals surface area contributed by atoms with Crippen LogP contribution >= 0.6 is 0 Å². The zero-order valence-electron chi connectivity index (χ0n) is 14.3. The van der Waals surface area contributed by atoms with Gasteiger partial charge in [0, 0.05) is 0 Å². The van der Waals surface area contributed by atoms with Crippen LogP contribution in [0.5, 0.6) is 0 Å². The zero-order valence-corrected chi connectivity index (χ0v) is 16.0. The number of fused-ring (bicyclic) bond motifs is 1. The third-order valence-corrected chi connectivity index (χ3v) is 6.18. The molecule has 0 unspecified atom stereocenters. The number of para-hydroxylation sites is 1. The van der Waals surface area contributed by atoms with E-state index in [0.29, 0.717) is 14.7 Å². The van der Waals surface area contributed by atoms with Gasteiger partial charge < -0.3 is 0 Å². The van der Waals surface area contributed by atoms with Crippen molar-refractivity contribution < 1.29 is 0 Å². The third-order valence-electron chi connectivity index (χ3n) is 4.30. The van der Waals surface area contributed by atoms with Crippen molar-refractivity contribution in [3.05, 3.63) is 60.2 Å². The van der Waals surface area contributed by atoms with Crippen molar-refractivity contribution in [1.82, 2.24) is 8.61 Å². The first-order chi connectivity index (χ1) is 12.3. The van der Waals surface area contributed by atoms with Crippen molar-refractivity contribution in [2.75, 3.05) is 10.6 Å². The molecule has 2 N–H and O–H groups in total. The summed E-state index contributed by atoms with van der Waals surface area (Å²) in [6.07, 6.45) is 4.96. The second-order valence-corrected chi connectivity index (χ2v) is 8.19. The number of nitrogens with one attached hydrogen (secondary N) is 2. The molecule has 0 amide bonds. The van der Waals surface area contributed by atoms with Gasteiger partial charge in [-0.25, -0.2) is 0 Å². The molecule has 0 aliphatic rings. The number of anilines is 4. The van der Waals surface area contributed by atoms with E-state index in [1.807, 2.05) is 18.2 Å². The monoisotopic (exact) mass is 398 g/mol. The van der Waals surface area contributed by atoms with E-state index in [-0.39, 0.29) is 0 Å². The molecule has 0 saturated heterocycles. The number of aryl methyl sites for hydroxylation is 1. The van der Waals surface area contributed by atoms with E-state index in [0.717, 1.165) is 29.3 Å². The fourth-order valence-corrected chi connectivity index (χ4v) is 4.56. The average molecular weight is 397 g/mol. The van der Waals surface area contributed by atoms with Crippen LogP contribution in [0.4, 0.5) is 22.9 Å². The van der Waals surface area contributed by atoms with Gasteiger partial charge in [-0.3, -0.25) is 0 Å². The van der Waals surface area contributed by atoms with Gasteiger partial charge in [0.05, 0.1) is 0 Å². The van der Waals surface area contributed by atoms with Crippen LogP contribution in [-0.4, -0.2) is 23.3 Å². The van der Waals surface area contributed by atoms with Crippen LogP contribution in [0.2, 0.25) is 0 Å². The summed E-state index contributed by atoms with van der Waals surface area (Å²) in [7, 11) is 0. The van der Waals surface area contributed by atoms with Gasteiger partial charge in [0.2, 0.25) is 0 Å². The van der Waals surface area contributed by atoms with Crippen molar-refractivity contribution in [3.8, 4) is 0 Å². The van der Waals surface area contributed by atoms with Gasteiger partial charge in [0.25, 0.3) is 0 Å². The number of benzene rings is 2. The number of hydrogen-bond donors (Lipinski definition) is 2. The van der Waals surface area contributed by atoms with Crippen LogP contribution in [-0.2, 0) is 6.42 Å². The summed E-state index contributed by atoms with van der Waals surface area (Å²) in [6, 6.07) is 19.0. The molecule has 0 aliphatic carbocycles. The second-order valence-electron chi connectivity index (χ2n) is 6.27. The second kappa shape index (κ2) is 7.34. The summed E-state index contributed by atoms with van der Waals surface area (Å²) in [5.41, 5.74) is 4.75. The molecule has 5 aromatic rings. The first-order valence-corrected chi connectivity index (χ1v) is 10.4. The molecule has 0 atom stereocenters. The van der Waals surface area contributed by atoms with Crippen molar-refractivity contribution in [3.63, 3.8) is 0 Å². The summed E-state index contributed by atoms with van der Waals surface area (Å²) in [5.74, 6) is 1.07. The van der Waals surface area contributed by atoms with E-state index in [9.17, 15) is 0 Å². The quantitative estimate of drug-likeness (QED) is 0.323. The van der Waals surface area contributed by atoms with E-state index < -0.39 is 0 Å². The molecule has 128 valence electrons. The standard InChI is InChI=1S/C20H22N4Se/c1-2-3-5-9-15-10-8-13-17(14-15)21-18-19(24-23-20(18)25-24)22-16-11-6-4-7-12-16/h4,6-8,10-14,21-22H,2-3,5,9H2,1H3. The summed E-state index contributed by atoms with van der Waals surface area (Å²) >= 11 is 0.304. The summed E-state index contributed by atoms with van der Waals surface area (Å²) in [4.78, 5) is 0. The Hall–Kier alpha value is -2.23. The zero-order chi connectivity index (χ0) is 17.1. The molecule has 0 fully saturated rings. The SMILES string of the molecule is CCCCCc1cccc(Nc2c(Nc3ccccc3)n3nc2[se]3)c1. The molecular weight excluding hydrogens is 375 g/mol. The Kier molecular flexibility index (Phi) is 4.77. The van der Waals surface area contributed by atoms with Crippen molar-refractivity contribution in [1.29, 1.82) is 0 Å². The van der Waals surface area contributed by atoms with E-state index in [4.69, 9.17) is 0 Å². The molecule has 2 bridgehead atoms. The minimum absolute atomic E-state index is 0.304. The Balaban J connectivity index is 1.52. The third kappa shape index (κ3) is 3.58. The van der Waals surface area contributed by atoms with Gasteiger partial charge in [-0.1, -0.05) is 0 Å². The molecular formula is C20H22N4Se. The Bertz CT molecular complexity index is 911. The van der Waals surface area contributed by atoms with E-state index in [1.54, 1.807) is 0 Å². The van der Waals surface area contributed by atoms with Gasteiger partial charge in [-0.15, -0.1) is 0 Å². The summed E-state index contributed by atoms with van der Waals surface area (Å²) in [5, 5.41) is 11.6. The molecule has 5 heteroatoms. The Morgan fingerprint density at radius 3 is 2.56 bits per heavy atom. The average Bonchev–Trinajstić information content (AvgIpc) is 3.08. The number of nitrogens with zero attached hydrogens (tertiary/aromatic N) is 2. The van der Waals surface area contributed by atoms with Crippen LogP contribution in [0.25, 0.3) is 4.39 Å². The molecule has 0 aliphatic heterocycles. The molecule has 3 aromatic heterocycles. The first-order valence-electron chi connectivity index (χ1n) is 8.83. The fourth-order valence-electron chi connectivity index (χ4n) is 2.97. The van der Waals surface area contributed by atoms with E-state index in [1.165, 1.54) is 29.2 Å². The van der Waals surface area contributed by atoms with Crippen LogP contribution < -0.4 is 10.6 Å². The van der Waals surface area contributed by atoms with Gasteiger partial charge in [-0.05, 0) is 0 Å². The molecule has 0 spiro atoms. The van der Waals surface area contributed by atoms with Crippen LogP contribution in [0.15, 0.2) is 54.6 Å². The van der Waals surface area contributed by atoms with Crippen molar-refractivity contribution >= 4 is 42.0 Å². The fraction of sp³-hybridized carbons (Fsp3) is 0.250. The van der Waals surface area contributed by atoms with Gasteiger partial charge in [0.15, 0.2) is 0 Å². The Morgan fingerprint density at radius 2 is 1.76 bits per heavy atom. The first kappa shape index (κ1) is 16.2. The number of aromatic nitrogens is 2. The minimum atomic E-state index is 0.304. The molecule has 5 rings (SSSR count). The van der Waals surface area contributed by atoms with Crippen molar-refractivity contribution in [2.45, 2.75) is 32.6 Å². The van der Waals surface area contributed by atoms with Gasteiger partial charge >= 0.3 is 154 Å². The predicted octanol–water partition coefficient (Wildman–Crippen LogP) is 5.05. The van der Waals surface area contributed by atoms with E-state index in [2.05, 4.69) is 62.6 Å². The molecule has 4 nitrogen and oxygen atoms in total. The number of unbranched alkanes of at least 4 members (excludes halogenated alkanes) is 2. The summed E-state index contributed by atoms with van der Waals surface area (Å²) in [6.45, 7) is 2.25. The molecule has 0 saturated carbocycles. The Labute approximate surface area is 154 Å². The van der Waals surface area contributed by atoms with Crippen LogP contribution in [0, 0.1) is 0 Å². The van der Waals surface area contributed by atoms with Crippen LogP contribution in [0.1, 0.15) is 31.7 Å². The number of rotatable bonds is 8. The maximum absolute atomic E-state index is 4.55. The topological polar surface area (TPSA) is 41.4 Å². The normalized spacial score (nSPS) is 11.2. The molecule has 0 radical (unpaired) electrons. The Morgan fingerprint density at radius 1 is 0.960 bits per heavy atom. The molecule has 3 heterocycles. The van der Waals surface area contributed by atoms with Gasteiger partial charge in [0.1, 0.15) is 0 Å². The number of hydrogen-bond acceptors (Lipinski definition) is 3. The van der Waals surface area contributed by atoms with Crippen LogP contribution in [0.3, 0.4) is 0 Å². The predicted molar refractivity (Wildman–Crippen MR) is 106 cm³/mol. The van der Waals surface area contributed by atoms with Gasteiger partial charge in [-0.2, -0.15) is 0 Å². The molecule has 25 heavy (non-hydrogen) atoms.